The molecule has 1 aromatic carbocycles. The predicted octanol–water partition coefficient (Wildman–Crippen LogP) is 4.72. The monoisotopic (exact) mass is 421 g/mol. The Morgan fingerprint density at radius 1 is 0.700 bits per heavy atom. The zero-order chi connectivity index (χ0) is 20.2. The molecule has 0 saturated carbocycles. The fourth-order valence-corrected chi connectivity index (χ4v) is 4.76. The van der Waals surface area contributed by atoms with Crippen LogP contribution in [0.3, 0.4) is 0 Å². The van der Waals surface area contributed by atoms with Crippen molar-refractivity contribution < 1.29 is 0 Å². The molecule has 2 fully saturated rings. The van der Waals surface area contributed by atoms with E-state index in [0.29, 0.717) is 5.95 Å². The highest BCUT2D eigenvalue weighted by Crippen LogP contribution is 2.28. The van der Waals surface area contributed by atoms with Crippen LogP contribution in [-0.4, -0.2) is 46.1 Å². The Kier molecular flexibility index (Phi) is 5.74. The molecule has 0 amide bonds. The Morgan fingerprint density at radius 3 is 1.90 bits per heavy atom. The summed E-state index contributed by atoms with van der Waals surface area (Å²) in [5.41, 5.74) is 2.07. The molecular formula is C22H27N7S. The molecular weight excluding hydrogens is 394 g/mol. The first-order valence-electron chi connectivity index (χ1n) is 10.9. The summed E-state index contributed by atoms with van der Waals surface area (Å²) in [6.45, 7) is 4.05. The molecule has 1 N–H and O–H groups in total. The molecule has 0 bridgehead atoms. The number of nitrogens with one attached hydrogen (secondary N) is 1. The fraction of sp³-hybridized carbons (Fsp3) is 0.455. The molecule has 2 aliphatic rings. The van der Waals surface area contributed by atoms with E-state index in [1.54, 1.807) is 11.3 Å². The minimum absolute atomic E-state index is 0.583. The Hall–Kier alpha value is -2.74. The van der Waals surface area contributed by atoms with E-state index >= 15 is 0 Å². The van der Waals surface area contributed by atoms with Crippen LogP contribution in [0.25, 0.3) is 11.3 Å². The van der Waals surface area contributed by atoms with Crippen LogP contribution >= 0.6 is 11.3 Å². The van der Waals surface area contributed by atoms with Crippen molar-refractivity contribution in [1.29, 1.82) is 0 Å². The van der Waals surface area contributed by atoms with Crippen LogP contribution in [0, 0.1) is 0 Å². The molecule has 2 saturated heterocycles. The van der Waals surface area contributed by atoms with Gasteiger partial charge in [0, 0.05) is 37.1 Å². The lowest BCUT2D eigenvalue weighted by atomic mass is 10.1. The van der Waals surface area contributed by atoms with Gasteiger partial charge in [0.25, 0.3) is 0 Å². The molecule has 0 radical (unpaired) electrons. The van der Waals surface area contributed by atoms with E-state index in [2.05, 4.69) is 32.6 Å². The standard InChI is InChI=1S/C22H27N7S/c1-4-10-17(11-5-1)18-16-30-22(23-18)26-19-24-20(28-12-6-2-7-13-28)27-21(25-19)29-14-8-3-9-15-29/h1,4-5,10-11,16H,2-3,6-9,12-15H2,(H,23,24,25,26,27). The number of nitrogens with zero attached hydrogens (tertiary/aromatic N) is 6. The van der Waals surface area contributed by atoms with Gasteiger partial charge in [-0.05, 0) is 38.5 Å². The van der Waals surface area contributed by atoms with Crippen LogP contribution in [0.1, 0.15) is 38.5 Å². The molecule has 5 rings (SSSR count). The van der Waals surface area contributed by atoms with Crippen LogP contribution in [0.5, 0.6) is 0 Å². The van der Waals surface area contributed by atoms with Crippen molar-refractivity contribution in [3.05, 3.63) is 35.7 Å². The summed E-state index contributed by atoms with van der Waals surface area (Å²) in [5.74, 6) is 2.15. The molecule has 2 aliphatic heterocycles. The summed E-state index contributed by atoms with van der Waals surface area (Å²) >= 11 is 1.57. The second kappa shape index (κ2) is 8.95. The van der Waals surface area contributed by atoms with E-state index in [-0.39, 0.29) is 0 Å². The van der Waals surface area contributed by atoms with E-state index in [1.165, 1.54) is 38.5 Å². The molecule has 0 atom stereocenters. The first kappa shape index (κ1) is 19.2. The minimum Gasteiger partial charge on any atom is -0.341 e. The molecule has 0 aliphatic carbocycles. The van der Waals surface area contributed by atoms with Gasteiger partial charge in [-0.3, -0.25) is 5.32 Å². The van der Waals surface area contributed by atoms with Crippen molar-refractivity contribution in [3.8, 4) is 11.3 Å². The number of benzene rings is 1. The van der Waals surface area contributed by atoms with Gasteiger partial charge in [-0.15, -0.1) is 11.3 Å². The normalized spacial score (nSPS) is 17.2. The van der Waals surface area contributed by atoms with Crippen molar-refractivity contribution in [2.24, 2.45) is 0 Å². The Labute approximate surface area is 181 Å². The topological polar surface area (TPSA) is 70.1 Å². The first-order valence-corrected chi connectivity index (χ1v) is 11.8. The highest BCUT2D eigenvalue weighted by molar-refractivity contribution is 7.14. The number of rotatable bonds is 5. The second-order valence-electron chi connectivity index (χ2n) is 7.88. The summed E-state index contributed by atoms with van der Waals surface area (Å²) in [6, 6.07) is 10.2. The lowest BCUT2D eigenvalue weighted by Crippen LogP contribution is -2.34. The minimum atomic E-state index is 0.583. The van der Waals surface area contributed by atoms with Gasteiger partial charge in [0.2, 0.25) is 17.8 Å². The summed E-state index contributed by atoms with van der Waals surface area (Å²) in [4.78, 5) is 23.7. The van der Waals surface area contributed by atoms with E-state index in [9.17, 15) is 0 Å². The number of piperidine rings is 2. The second-order valence-corrected chi connectivity index (χ2v) is 8.74. The lowest BCUT2D eigenvalue weighted by Gasteiger charge is -2.30. The van der Waals surface area contributed by atoms with E-state index in [0.717, 1.165) is 54.5 Å². The highest BCUT2D eigenvalue weighted by atomic mass is 32.1. The smallest absolute Gasteiger partial charge is 0.235 e. The third-order valence-electron chi connectivity index (χ3n) is 5.68. The summed E-state index contributed by atoms with van der Waals surface area (Å²) < 4.78 is 0. The van der Waals surface area contributed by atoms with E-state index in [1.807, 2.05) is 18.2 Å². The quantitative estimate of drug-likeness (QED) is 0.639. The first-order chi connectivity index (χ1) is 14.8. The van der Waals surface area contributed by atoms with Gasteiger partial charge in [-0.1, -0.05) is 30.3 Å². The number of anilines is 4. The van der Waals surface area contributed by atoms with Gasteiger partial charge in [-0.2, -0.15) is 15.0 Å². The third kappa shape index (κ3) is 4.38. The number of hydrogen-bond acceptors (Lipinski definition) is 8. The van der Waals surface area contributed by atoms with Crippen LogP contribution in [0.2, 0.25) is 0 Å². The van der Waals surface area contributed by atoms with Gasteiger partial charge in [0.1, 0.15) is 0 Å². The van der Waals surface area contributed by atoms with Crippen LogP contribution in [0.15, 0.2) is 35.7 Å². The zero-order valence-corrected chi connectivity index (χ0v) is 17.9. The van der Waals surface area contributed by atoms with E-state index < -0.39 is 0 Å². The van der Waals surface area contributed by atoms with Crippen molar-refractivity contribution in [2.75, 3.05) is 41.3 Å². The van der Waals surface area contributed by atoms with Crippen LogP contribution < -0.4 is 15.1 Å². The Morgan fingerprint density at radius 2 is 1.30 bits per heavy atom. The highest BCUT2D eigenvalue weighted by Gasteiger charge is 2.20. The molecule has 30 heavy (non-hydrogen) atoms. The van der Waals surface area contributed by atoms with Crippen molar-refractivity contribution in [3.63, 3.8) is 0 Å². The van der Waals surface area contributed by atoms with Gasteiger partial charge in [0.15, 0.2) is 5.13 Å². The summed E-state index contributed by atoms with van der Waals surface area (Å²) in [7, 11) is 0. The van der Waals surface area contributed by atoms with Gasteiger partial charge < -0.3 is 9.80 Å². The molecule has 7 nitrogen and oxygen atoms in total. The van der Waals surface area contributed by atoms with Gasteiger partial charge in [-0.25, -0.2) is 4.98 Å². The Bertz CT molecular complexity index is 926. The van der Waals surface area contributed by atoms with E-state index in [4.69, 9.17) is 19.9 Å². The van der Waals surface area contributed by atoms with Crippen molar-refractivity contribution >= 4 is 34.3 Å². The SMILES string of the molecule is c1ccc(-c2csc(Nc3nc(N4CCCCC4)nc(N4CCCCC4)n3)n2)cc1. The molecule has 0 unspecified atom stereocenters. The molecule has 4 heterocycles. The van der Waals surface area contributed by atoms with Gasteiger partial charge in [0.05, 0.1) is 5.69 Å². The summed E-state index contributed by atoms with van der Waals surface area (Å²) in [6.07, 6.45) is 7.35. The maximum atomic E-state index is 4.85. The zero-order valence-electron chi connectivity index (χ0n) is 17.1. The van der Waals surface area contributed by atoms with Crippen LogP contribution in [0.4, 0.5) is 23.0 Å². The molecule has 0 spiro atoms. The van der Waals surface area contributed by atoms with Gasteiger partial charge >= 0.3 is 0 Å². The molecule has 8 heteroatoms. The predicted molar refractivity (Wildman–Crippen MR) is 123 cm³/mol. The fourth-order valence-electron chi connectivity index (χ4n) is 4.05. The lowest BCUT2D eigenvalue weighted by molar-refractivity contribution is 0.556. The maximum Gasteiger partial charge on any atom is 0.235 e. The van der Waals surface area contributed by atoms with Crippen LogP contribution in [-0.2, 0) is 0 Å². The maximum absolute atomic E-state index is 4.85. The van der Waals surface area contributed by atoms with Crippen molar-refractivity contribution in [1.82, 2.24) is 19.9 Å². The largest absolute Gasteiger partial charge is 0.341 e. The van der Waals surface area contributed by atoms with Crippen molar-refractivity contribution in [2.45, 2.75) is 38.5 Å². The average Bonchev–Trinajstić information content (AvgIpc) is 3.29. The number of hydrogen-bond donors (Lipinski definition) is 1. The Balaban J connectivity index is 1.42. The molecule has 2 aromatic heterocycles. The molecule has 156 valence electrons. The summed E-state index contributed by atoms with van der Waals surface area (Å²) in [5, 5.41) is 6.21. The average molecular weight is 422 g/mol. The number of aromatic nitrogens is 4. The third-order valence-corrected chi connectivity index (χ3v) is 6.44. The number of thiazole rings is 1. The molecule has 3 aromatic rings.